The van der Waals surface area contributed by atoms with E-state index in [2.05, 4.69) is 31.4 Å². The summed E-state index contributed by atoms with van der Waals surface area (Å²) in [6, 6.07) is 0. The fraction of sp³-hybridized carbons (Fsp3) is 0.800. The zero-order chi connectivity index (χ0) is 9.45. The first-order chi connectivity index (χ1) is 5.56. The third-order valence-electron chi connectivity index (χ3n) is 1.62. The van der Waals surface area contributed by atoms with E-state index in [0.29, 0.717) is 5.41 Å². The third-order valence-corrected chi connectivity index (χ3v) is 1.62. The molecule has 0 rings (SSSR count). The Labute approximate surface area is 76.4 Å². The summed E-state index contributed by atoms with van der Waals surface area (Å²) in [7, 11) is 1.90. The highest BCUT2D eigenvalue weighted by molar-refractivity contribution is 4.75. The van der Waals surface area contributed by atoms with Crippen LogP contribution in [0.3, 0.4) is 0 Å². The average molecular weight is 170 g/mol. The summed E-state index contributed by atoms with van der Waals surface area (Å²) in [5.74, 6) is 0. The maximum atomic E-state index is 3.22. The molecule has 0 saturated heterocycles. The smallest absolute Gasteiger partial charge is 0.0142 e. The minimum absolute atomic E-state index is 0.467. The molecule has 0 aliphatic carbocycles. The Morgan fingerprint density at radius 2 is 1.83 bits per heavy atom. The van der Waals surface area contributed by atoms with Gasteiger partial charge in [0.2, 0.25) is 0 Å². The number of hydrogen-bond donors (Lipinski definition) is 2. The summed E-state index contributed by atoms with van der Waals surface area (Å²) in [6.45, 7) is 7.89. The van der Waals surface area contributed by atoms with Crippen molar-refractivity contribution in [3.8, 4) is 0 Å². The summed E-state index contributed by atoms with van der Waals surface area (Å²) in [5.41, 5.74) is 0.467. The van der Waals surface area contributed by atoms with Gasteiger partial charge in [-0.1, -0.05) is 20.8 Å². The van der Waals surface area contributed by atoms with Crippen LogP contribution in [0.5, 0.6) is 0 Å². The van der Waals surface area contributed by atoms with E-state index < -0.39 is 0 Å². The molecule has 2 nitrogen and oxygen atoms in total. The SMILES string of the molecule is CN/C=C\NCCCC(C)(C)C. The van der Waals surface area contributed by atoms with E-state index >= 15 is 0 Å². The van der Waals surface area contributed by atoms with Crippen LogP contribution in [0, 0.1) is 5.41 Å². The van der Waals surface area contributed by atoms with Crippen LogP contribution < -0.4 is 10.6 Å². The number of nitrogens with one attached hydrogen (secondary N) is 2. The Morgan fingerprint density at radius 3 is 2.33 bits per heavy atom. The van der Waals surface area contributed by atoms with Crippen molar-refractivity contribution in [1.82, 2.24) is 10.6 Å². The maximum absolute atomic E-state index is 3.22. The molecule has 0 heterocycles. The molecular weight excluding hydrogens is 148 g/mol. The summed E-state index contributed by atoms with van der Waals surface area (Å²) in [4.78, 5) is 0. The summed E-state index contributed by atoms with van der Waals surface area (Å²) >= 11 is 0. The molecule has 0 aromatic carbocycles. The lowest BCUT2D eigenvalue weighted by atomic mass is 9.91. The van der Waals surface area contributed by atoms with Crippen LogP contribution in [0.1, 0.15) is 33.6 Å². The Morgan fingerprint density at radius 1 is 1.17 bits per heavy atom. The van der Waals surface area contributed by atoms with Gasteiger partial charge in [-0.05, 0) is 18.3 Å². The second kappa shape index (κ2) is 5.92. The van der Waals surface area contributed by atoms with Crippen molar-refractivity contribution in [3.05, 3.63) is 12.4 Å². The molecule has 0 radical (unpaired) electrons. The molecule has 0 aromatic heterocycles. The second-order valence-electron chi connectivity index (χ2n) is 4.24. The van der Waals surface area contributed by atoms with Gasteiger partial charge in [-0.25, -0.2) is 0 Å². The van der Waals surface area contributed by atoms with Crippen molar-refractivity contribution in [2.75, 3.05) is 13.6 Å². The van der Waals surface area contributed by atoms with E-state index in [9.17, 15) is 0 Å². The van der Waals surface area contributed by atoms with Gasteiger partial charge in [-0.15, -0.1) is 0 Å². The summed E-state index contributed by atoms with van der Waals surface area (Å²) < 4.78 is 0. The van der Waals surface area contributed by atoms with Gasteiger partial charge in [0.25, 0.3) is 0 Å². The minimum atomic E-state index is 0.467. The Bertz CT molecular complexity index is 122. The van der Waals surface area contributed by atoms with Crippen molar-refractivity contribution in [2.45, 2.75) is 33.6 Å². The van der Waals surface area contributed by atoms with Crippen molar-refractivity contribution in [1.29, 1.82) is 0 Å². The fourth-order valence-electron chi connectivity index (χ4n) is 0.946. The van der Waals surface area contributed by atoms with E-state index in [1.54, 1.807) is 0 Å². The standard InChI is InChI=1S/C10H22N2/c1-10(2,3)6-5-7-12-9-8-11-4/h8-9,11-12H,5-7H2,1-4H3/b9-8-. The van der Waals surface area contributed by atoms with Gasteiger partial charge in [-0.2, -0.15) is 0 Å². The van der Waals surface area contributed by atoms with E-state index in [1.165, 1.54) is 12.8 Å². The lowest BCUT2D eigenvalue weighted by Crippen LogP contribution is -2.12. The average Bonchev–Trinajstić information content (AvgIpc) is 1.94. The minimum Gasteiger partial charge on any atom is -0.393 e. The van der Waals surface area contributed by atoms with Gasteiger partial charge in [0, 0.05) is 26.0 Å². The predicted octanol–water partition coefficient (Wildman–Crippen LogP) is 2.09. The first kappa shape index (κ1) is 11.3. The molecule has 0 unspecified atom stereocenters. The molecule has 0 aromatic rings. The van der Waals surface area contributed by atoms with Gasteiger partial charge in [0.1, 0.15) is 0 Å². The first-order valence-electron chi connectivity index (χ1n) is 4.62. The van der Waals surface area contributed by atoms with Crippen molar-refractivity contribution >= 4 is 0 Å². The molecule has 72 valence electrons. The molecule has 12 heavy (non-hydrogen) atoms. The zero-order valence-corrected chi connectivity index (χ0v) is 8.78. The van der Waals surface area contributed by atoms with Crippen LogP contribution >= 0.6 is 0 Å². The molecule has 0 amide bonds. The van der Waals surface area contributed by atoms with E-state index in [4.69, 9.17) is 0 Å². The summed E-state index contributed by atoms with van der Waals surface area (Å²) in [6.07, 6.45) is 6.35. The summed E-state index contributed by atoms with van der Waals surface area (Å²) in [5, 5.41) is 6.15. The van der Waals surface area contributed by atoms with Gasteiger partial charge < -0.3 is 10.6 Å². The molecule has 0 aliphatic rings. The van der Waals surface area contributed by atoms with Crippen molar-refractivity contribution in [2.24, 2.45) is 5.41 Å². The van der Waals surface area contributed by atoms with E-state index in [1.807, 2.05) is 19.4 Å². The van der Waals surface area contributed by atoms with E-state index in [-0.39, 0.29) is 0 Å². The zero-order valence-electron chi connectivity index (χ0n) is 8.78. The molecule has 0 atom stereocenters. The monoisotopic (exact) mass is 170 g/mol. The molecule has 0 spiro atoms. The van der Waals surface area contributed by atoms with Crippen molar-refractivity contribution < 1.29 is 0 Å². The second-order valence-corrected chi connectivity index (χ2v) is 4.24. The van der Waals surface area contributed by atoms with Gasteiger partial charge in [0.15, 0.2) is 0 Å². The molecule has 0 bridgehead atoms. The van der Waals surface area contributed by atoms with Crippen molar-refractivity contribution in [3.63, 3.8) is 0 Å². The number of hydrogen-bond acceptors (Lipinski definition) is 2. The lowest BCUT2D eigenvalue weighted by molar-refractivity contribution is 0.364. The number of rotatable bonds is 5. The Hall–Kier alpha value is -0.660. The fourth-order valence-corrected chi connectivity index (χ4v) is 0.946. The Kier molecular flexibility index (Phi) is 5.60. The first-order valence-corrected chi connectivity index (χ1v) is 4.62. The van der Waals surface area contributed by atoms with E-state index in [0.717, 1.165) is 6.54 Å². The third kappa shape index (κ3) is 9.34. The van der Waals surface area contributed by atoms with Crippen LogP contribution in [0.25, 0.3) is 0 Å². The quantitative estimate of drug-likeness (QED) is 0.617. The molecule has 2 N–H and O–H groups in total. The molecule has 2 heteroatoms. The molecule has 0 saturated carbocycles. The van der Waals surface area contributed by atoms with Crippen LogP contribution in [-0.4, -0.2) is 13.6 Å². The highest BCUT2D eigenvalue weighted by Crippen LogP contribution is 2.19. The van der Waals surface area contributed by atoms with Gasteiger partial charge in [0.05, 0.1) is 0 Å². The highest BCUT2D eigenvalue weighted by Gasteiger charge is 2.07. The normalized spacial score (nSPS) is 12.0. The van der Waals surface area contributed by atoms with Gasteiger partial charge in [-0.3, -0.25) is 0 Å². The van der Waals surface area contributed by atoms with Crippen LogP contribution in [0.2, 0.25) is 0 Å². The topological polar surface area (TPSA) is 24.1 Å². The predicted molar refractivity (Wildman–Crippen MR) is 54.9 cm³/mol. The largest absolute Gasteiger partial charge is 0.393 e. The van der Waals surface area contributed by atoms with Crippen LogP contribution in [-0.2, 0) is 0 Å². The molecule has 0 aliphatic heterocycles. The highest BCUT2D eigenvalue weighted by atomic mass is 14.9. The molecule has 0 fully saturated rings. The lowest BCUT2D eigenvalue weighted by Gasteiger charge is -2.17. The van der Waals surface area contributed by atoms with Crippen LogP contribution in [0.15, 0.2) is 12.4 Å². The molecular formula is C10H22N2. The maximum Gasteiger partial charge on any atom is 0.0142 e. The Balaban J connectivity index is 3.17. The van der Waals surface area contributed by atoms with Gasteiger partial charge >= 0.3 is 0 Å². The van der Waals surface area contributed by atoms with Crippen LogP contribution in [0.4, 0.5) is 0 Å².